The van der Waals surface area contributed by atoms with Crippen LogP contribution in [0.3, 0.4) is 0 Å². The quantitative estimate of drug-likeness (QED) is 0.186. The molecule has 0 N–H and O–H groups in total. The first-order valence-corrected chi connectivity index (χ1v) is 17.0. The fourth-order valence-corrected chi connectivity index (χ4v) is 4.51. The summed E-state index contributed by atoms with van der Waals surface area (Å²) in [6.45, 7) is 20.7. The van der Waals surface area contributed by atoms with Crippen LogP contribution in [-0.2, 0) is 0 Å². The van der Waals surface area contributed by atoms with Crippen molar-refractivity contribution in [3.8, 4) is 0 Å². The number of pyridine rings is 1. The van der Waals surface area contributed by atoms with Gasteiger partial charge in [-0.15, -0.1) is 0 Å². The predicted octanol–water partition coefficient (Wildman–Crippen LogP) is 13.2. The molecule has 0 radical (unpaired) electrons. The molecule has 0 saturated carbocycles. The molecule has 0 aliphatic rings. The fraction of sp³-hybridized carbons (Fsp3) is 0.357. The standard InChI is InChI=1S/C9H11Cl.C9H11F.C9H12.C8H10FN.C7H10N2/c2*1-7(2)8-5-3-4-6-9(8)10;1-8(2)9-6-4-3-5-7-9;1-6(2)8-7(9)4-3-5-10-8;1-6(2)7-8-4-3-5-9-7/h2*3-7H,1-2H3;3-8H,1-2H3;3-6H,1-2H3;3-6H,1-2H3. The molecule has 48 heavy (non-hydrogen) atoms. The highest BCUT2D eigenvalue weighted by molar-refractivity contribution is 6.31. The molecule has 3 aromatic carbocycles. The van der Waals surface area contributed by atoms with E-state index in [-0.39, 0.29) is 23.5 Å². The van der Waals surface area contributed by atoms with Crippen molar-refractivity contribution in [2.75, 3.05) is 0 Å². The summed E-state index contributed by atoms with van der Waals surface area (Å²) in [6.07, 6.45) is 5.14. The molecule has 0 spiro atoms. The summed E-state index contributed by atoms with van der Waals surface area (Å²) in [7, 11) is 0. The van der Waals surface area contributed by atoms with E-state index in [1.165, 1.54) is 23.3 Å². The summed E-state index contributed by atoms with van der Waals surface area (Å²) >= 11 is 5.92. The van der Waals surface area contributed by atoms with Crippen LogP contribution in [0.5, 0.6) is 0 Å². The molecular formula is C42H54ClF2N3. The molecule has 2 heterocycles. The van der Waals surface area contributed by atoms with Gasteiger partial charge in [0, 0.05) is 29.5 Å². The van der Waals surface area contributed by atoms with Gasteiger partial charge in [-0.05, 0) is 70.7 Å². The minimum absolute atomic E-state index is 0.0995. The highest BCUT2D eigenvalue weighted by Crippen LogP contribution is 2.23. The van der Waals surface area contributed by atoms with Gasteiger partial charge in [-0.25, -0.2) is 18.7 Å². The Morgan fingerprint density at radius 2 is 0.917 bits per heavy atom. The van der Waals surface area contributed by atoms with Crippen LogP contribution in [-0.4, -0.2) is 15.0 Å². The Bertz CT molecular complexity index is 1380. The number of nitrogens with zero attached hydrogens (tertiary/aromatic N) is 3. The smallest absolute Gasteiger partial charge is 0.144 e. The normalized spacial score (nSPS) is 10.3. The van der Waals surface area contributed by atoms with E-state index in [9.17, 15) is 8.78 Å². The summed E-state index contributed by atoms with van der Waals surface area (Å²) in [6, 6.07) is 30.2. The van der Waals surface area contributed by atoms with Gasteiger partial charge in [0.2, 0.25) is 0 Å². The highest BCUT2D eigenvalue weighted by Gasteiger charge is 2.05. The first kappa shape index (κ1) is 42.1. The van der Waals surface area contributed by atoms with Gasteiger partial charge in [-0.3, -0.25) is 4.98 Å². The SMILES string of the molecule is CC(C)c1ccccc1.CC(C)c1ccccc1Cl.CC(C)c1ccccc1F.CC(C)c1ncccc1F.CC(C)c1ncccn1. The van der Waals surface area contributed by atoms with Crippen molar-refractivity contribution in [2.24, 2.45) is 0 Å². The lowest BCUT2D eigenvalue weighted by Gasteiger charge is -2.05. The molecule has 0 amide bonds. The fourth-order valence-electron chi connectivity index (χ4n) is 4.16. The maximum atomic E-state index is 12.8. The van der Waals surface area contributed by atoms with E-state index >= 15 is 0 Å². The Balaban J connectivity index is 0.000000300. The molecule has 3 nitrogen and oxygen atoms in total. The minimum atomic E-state index is -0.211. The van der Waals surface area contributed by atoms with Gasteiger partial charge < -0.3 is 0 Å². The predicted molar refractivity (Wildman–Crippen MR) is 201 cm³/mol. The topological polar surface area (TPSA) is 38.7 Å². The van der Waals surface area contributed by atoms with Gasteiger partial charge in [0.1, 0.15) is 17.5 Å². The Labute approximate surface area is 293 Å². The van der Waals surface area contributed by atoms with E-state index in [1.54, 1.807) is 30.7 Å². The number of rotatable bonds is 5. The molecule has 0 saturated heterocycles. The molecule has 258 valence electrons. The average Bonchev–Trinajstić information content (AvgIpc) is 3.07. The number of hydrogen-bond acceptors (Lipinski definition) is 3. The van der Waals surface area contributed by atoms with Crippen molar-refractivity contribution >= 4 is 11.6 Å². The molecule has 0 unspecified atom stereocenters. The largest absolute Gasteiger partial charge is 0.258 e. The lowest BCUT2D eigenvalue weighted by molar-refractivity contribution is 0.584. The Kier molecular flexibility index (Phi) is 20.5. The van der Waals surface area contributed by atoms with E-state index in [2.05, 4.69) is 86.8 Å². The summed E-state index contributed by atoms with van der Waals surface area (Å²) < 4.78 is 25.6. The Hall–Kier alpha value is -3.96. The molecule has 6 heteroatoms. The zero-order valence-corrected chi connectivity index (χ0v) is 31.1. The van der Waals surface area contributed by atoms with Crippen LogP contribution in [0.25, 0.3) is 0 Å². The summed E-state index contributed by atoms with van der Waals surface area (Å²) in [5.74, 6) is 2.67. The zero-order valence-electron chi connectivity index (χ0n) is 30.3. The molecule has 0 fully saturated rings. The highest BCUT2D eigenvalue weighted by atomic mass is 35.5. The van der Waals surface area contributed by atoms with Crippen LogP contribution in [0.1, 0.15) is 127 Å². The van der Waals surface area contributed by atoms with Gasteiger partial charge in [0.25, 0.3) is 0 Å². The lowest BCUT2D eigenvalue weighted by Crippen LogP contribution is -1.95. The molecule has 5 rings (SSSR count). The van der Waals surface area contributed by atoms with Gasteiger partial charge in [-0.1, -0.05) is 148 Å². The number of hydrogen-bond donors (Lipinski definition) is 0. The van der Waals surface area contributed by atoms with Crippen LogP contribution in [0.4, 0.5) is 8.78 Å². The third-order valence-electron chi connectivity index (χ3n) is 6.96. The number of halogens is 3. The average molecular weight is 674 g/mol. The maximum absolute atomic E-state index is 12.8. The molecular weight excluding hydrogens is 620 g/mol. The lowest BCUT2D eigenvalue weighted by atomic mass is 10.0. The summed E-state index contributed by atoms with van der Waals surface area (Å²) in [5.41, 5.74) is 3.98. The van der Waals surface area contributed by atoms with Gasteiger partial charge in [-0.2, -0.15) is 0 Å². The molecule has 0 atom stereocenters. The number of aromatic nitrogens is 3. The van der Waals surface area contributed by atoms with E-state index in [4.69, 9.17) is 11.6 Å². The van der Waals surface area contributed by atoms with Crippen LogP contribution in [0, 0.1) is 11.6 Å². The van der Waals surface area contributed by atoms with Crippen LogP contribution in [0.2, 0.25) is 5.02 Å². The molecule has 5 aromatic rings. The van der Waals surface area contributed by atoms with Crippen molar-refractivity contribution in [1.29, 1.82) is 0 Å². The van der Waals surface area contributed by atoms with E-state index in [0.717, 1.165) is 16.4 Å². The Morgan fingerprint density at radius 1 is 0.438 bits per heavy atom. The third-order valence-corrected chi connectivity index (χ3v) is 7.30. The van der Waals surface area contributed by atoms with E-state index < -0.39 is 0 Å². The van der Waals surface area contributed by atoms with E-state index in [1.807, 2.05) is 70.2 Å². The van der Waals surface area contributed by atoms with Crippen LogP contribution < -0.4 is 0 Å². The van der Waals surface area contributed by atoms with Gasteiger partial charge >= 0.3 is 0 Å². The van der Waals surface area contributed by atoms with Crippen LogP contribution >= 0.6 is 11.6 Å². The molecule has 2 aromatic heterocycles. The zero-order chi connectivity index (χ0) is 36.1. The summed E-state index contributed by atoms with van der Waals surface area (Å²) in [5, 5.41) is 0.873. The second kappa shape index (κ2) is 23.4. The second-order valence-electron chi connectivity index (χ2n) is 12.7. The van der Waals surface area contributed by atoms with Crippen LogP contribution in [0.15, 0.2) is 116 Å². The summed E-state index contributed by atoms with van der Waals surface area (Å²) in [4.78, 5) is 12.0. The minimum Gasteiger partial charge on any atom is -0.258 e. The van der Waals surface area contributed by atoms with Crippen molar-refractivity contribution in [3.63, 3.8) is 0 Å². The monoisotopic (exact) mass is 673 g/mol. The maximum Gasteiger partial charge on any atom is 0.144 e. The van der Waals surface area contributed by atoms with Gasteiger partial charge in [0.15, 0.2) is 0 Å². The first-order valence-electron chi connectivity index (χ1n) is 16.7. The van der Waals surface area contributed by atoms with E-state index in [0.29, 0.717) is 23.4 Å². The molecule has 0 aliphatic heterocycles. The molecule has 0 aliphatic carbocycles. The third kappa shape index (κ3) is 16.7. The first-order chi connectivity index (χ1) is 22.8. The van der Waals surface area contributed by atoms with Gasteiger partial charge in [0.05, 0.1) is 5.69 Å². The van der Waals surface area contributed by atoms with Crippen molar-refractivity contribution in [3.05, 3.63) is 161 Å². The molecule has 0 bridgehead atoms. The van der Waals surface area contributed by atoms with Crippen molar-refractivity contribution in [1.82, 2.24) is 15.0 Å². The Morgan fingerprint density at radius 3 is 1.27 bits per heavy atom. The second-order valence-corrected chi connectivity index (χ2v) is 13.1. The van der Waals surface area contributed by atoms with Crippen molar-refractivity contribution in [2.45, 2.75) is 98.8 Å². The number of benzene rings is 3. The van der Waals surface area contributed by atoms with Crippen molar-refractivity contribution < 1.29 is 8.78 Å².